The van der Waals surface area contributed by atoms with Crippen molar-refractivity contribution in [2.45, 2.75) is 323 Å². The minimum absolute atomic E-state index is 0.0214. The van der Waals surface area contributed by atoms with E-state index in [1.165, 1.54) is 49.1 Å². The number of hydrogen-bond donors (Lipinski definition) is 0. The largest absolute Gasteiger partial charge is 0.469 e. The number of hydrogen-bond acceptors (Lipinski definition) is 18. The van der Waals surface area contributed by atoms with Gasteiger partial charge < -0.3 is 57.8 Å². The second-order valence-electron chi connectivity index (χ2n) is 38.9. The number of amides is 6. The van der Waals surface area contributed by atoms with Gasteiger partial charge in [-0.25, -0.2) is 8.78 Å². The Morgan fingerprint density at radius 3 is 0.714 bits per heavy atom. The summed E-state index contributed by atoms with van der Waals surface area (Å²) in [5, 5.41) is 0. The summed E-state index contributed by atoms with van der Waals surface area (Å²) in [5.41, 5.74) is 0. The number of ether oxygens (including phenoxy) is 6. The molecule has 2 saturated carbocycles. The van der Waals surface area contributed by atoms with Crippen LogP contribution in [0.2, 0.25) is 0 Å². The second-order valence-corrected chi connectivity index (χ2v) is 38.9. The number of likely N-dealkylation sites (tertiary alicyclic amines) is 6. The zero-order chi connectivity index (χ0) is 90.5. The Bertz CT molecular complexity index is 2920. The molecule has 26 heteroatoms. The molecular formula is C93H162F2N6O18. The Labute approximate surface area is 715 Å². The van der Waals surface area contributed by atoms with E-state index in [1.54, 1.807) is 9.80 Å². The molecule has 2 aliphatic carbocycles. The van der Waals surface area contributed by atoms with Gasteiger partial charge in [-0.2, -0.15) is 0 Å². The molecule has 0 unspecified atom stereocenters. The molecule has 0 aromatic carbocycles. The fourth-order valence-corrected chi connectivity index (χ4v) is 18.4. The van der Waals surface area contributed by atoms with Crippen molar-refractivity contribution >= 4 is 71.3 Å². The highest BCUT2D eigenvalue weighted by Gasteiger charge is 2.48. The molecule has 686 valence electrons. The molecular weight excluding hydrogens is 1530 g/mol. The Hall–Kier alpha value is -6.50. The Morgan fingerprint density at radius 2 is 0.504 bits per heavy atom. The summed E-state index contributed by atoms with van der Waals surface area (Å²) < 4.78 is 55.6. The first kappa shape index (κ1) is 107. The predicted octanol–water partition coefficient (Wildman–Crippen LogP) is 15.1. The highest BCUT2D eigenvalue weighted by atomic mass is 19.1. The zero-order valence-electron chi connectivity index (χ0n) is 78.6. The third kappa shape index (κ3) is 32.6. The lowest BCUT2D eigenvalue weighted by molar-refractivity contribution is -0.150. The van der Waals surface area contributed by atoms with E-state index in [1.807, 2.05) is 103 Å². The molecule has 8 aliphatic rings. The van der Waals surface area contributed by atoms with Crippen LogP contribution >= 0.6 is 0 Å². The van der Waals surface area contributed by atoms with Crippen LogP contribution in [0.4, 0.5) is 8.78 Å². The Balaban J connectivity index is 0.000000369. The lowest BCUT2D eigenvalue weighted by Gasteiger charge is -2.37. The molecule has 0 N–H and O–H groups in total. The normalized spacial score (nSPS) is 24.4. The van der Waals surface area contributed by atoms with Gasteiger partial charge in [0.2, 0.25) is 35.4 Å². The van der Waals surface area contributed by atoms with Gasteiger partial charge in [0.15, 0.2) is 0 Å². The average Bonchev–Trinajstić information content (AvgIpc) is 1.74. The molecule has 6 heterocycles. The fraction of sp³-hybridized carbons (Fsp3) is 0.871. The molecule has 0 aromatic heterocycles. The zero-order valence-corrected chi connectivity index (χ0v) is 78.6. The van der Waals surface area contributed by atoms with Crippen molar-refractivity contribution in [3.05, 3.63) is 0 Å². The van der Waals surface area contributed by atoms with Crippen molar-refractivity contribution in [3.8, 4) is 0 Å². The maximum atomic E-state index is 13.7. The van der Waals surface area contributed by atoms with Crippen molar-refractivity contribution in [2.24, 2.45) is 118 Å². The molecule has 16 atom stereocenters. The van der Waals surface area contributed by atoms with Gasteiger partial charge in [-0.3, -0.25) is 57.5 Å². The first-order valence-corrected chi connectivity index (χ1v) is 45.2. The van der Waals surface area contributed by atoms with Gasteiger partial charge in [0.1, 0.15) is 12.3 Å². The van der Waals surface area contributed by atoms with E-state index in [-0.39, 0.29) is 182 Å². The van der Waals surface area contributed by atoms with E-state index in [2.05, 4.69) is 78.7 Å². The number of esters is 6. The summed E-state index contributed by atoms with van der Waals surface area (Å²) in [6.07, 6.45) is 11.8. The van der Waals surface area contributed by atoms with Crippen molar-refractivity contribution in [1.82, 2.24) is 29.4 Å². The van der Waals surface area contributed by atoms with Crippen molar-refractivity contribution in [1.29, 1.82) is 0 Å². The third-order valence-corrected chi connectivity index (χ3v) is 26.3. The minimum Gasteiger partial charge on any atom is -0.469 e. The van der Waals surface area contributed by atoms with Gasteiger partial charge in [-0.1, -0.05) is 159 Å². The summed E-state index contributed by atoms with van der Waals surface area (Å²) in [6, 6.07) is 1.16. The summed E-state index contributed by atoms with van der Waals surface area (Å²) in [6.45, 7) is 48.9. The monoisotopic (exact) mass is 1690 g/mol. The number of methoxy groups -OCH3 is 6. The molecule has 0 radical (unpaired) electrons. The van der Waals surface area contributed by atoms with Crippen LogP contribution in [-0.4, -0.2) is 231 Å². The average molecular weight is 1690 g/mol. The third-order valence-electron chi connectivity index (χ3n) is 26.3. The first-order chi connectivity index (χ1) is 55.7. The number of carbonyl (C=O) groups is 12. The molecule has 6 amide bonds. The highest BCUT2D eigenvalue weighted by molar-refractivity contribution is 5.88. The van der Waals surface area contributed by atoms with Crippen molar-refractivity contribution in [3.63, 3.8) is 0 Å². The lowest BCUT2D eigenvalue weighted by Crippen LogP contribution is -2.45. The summed E-state index contributed by atoms with van der Waals surface area (Å²) >= 11 is 0. The predicted molar refractivity (Wildman–Crippen MR) is 457 cm³/mol. The van der Waals surface area contributed by atoms with Crippen LogP contribution in [-0.2, 0) is 86.0 Å². The summed E-state index contributed by atoms with van der Waals surface area (Å²) in [4.78, 5) is 157. The maximum Gasteiger partial charge on any atom is 0.306 e. The SMILES string of the molecule is COC(=O)C[C@H](C(=O)N1CCC[C@H]1C(C)C)C1CC1.COC(=O)C[C@H](C(=O)N1CCC[C@H]1C(C)C)C1CCC1.COC(=O)C[C@H](C(=O)N1C[C@@H](C)C[C@H]1C(C)C)C(C)C.COC(=O)C[C@H](C(=O)N1C[C@@H](F)C[C@H]1C(C)C)C(C)C.COC(=O)C[C@H](C(=O)N1C[C@H](C)C[C@H]1C(C)C)C(C)C.COC(=O)C[C@H](C(=O)N1C[C@H](F)C[C@H]1C(C)C)C(C)C. The van der Waals surface area contributed by atoms with Crippen LogP contribution < -0.4 is 0 Å². The molecule has 24 nitrogen and oxygen atoms in total. The van der Waals surface area contributed by atoms with E-state index in [9.17, 15) is 66.3 Å². The summed E-state index contributed by atoms with van der Waals surface area (Å²) in [7, 11) is 8.17. The van der Waals surface area contributed by atoms with Gasteiger partial charge in [0, 0.05) is 75.3 Å². The van der Waals surface area contributed by atoms with Crippen LogP contribution in [0.5, 0.6) is 0 Å². The standard InChI is InChI=1S/C16H27NO3.2C16H29NO3.2C15H26FNO3.C15H25NO3/c1-11(2)14-8-5-9-17(14)16(19)13(10-15(18)20-3)12-6-4-7-12;2*1-10(2)13(8-15(18)20-6)16(19)17-9-12(5)7-14(17)11(3)4;2*1-9(2)12(7-14(18)20-5)15(19)17-8-11(16)6-13(17)10(3)4;1-10(2)13-5-4-8-16(13)15(18)12(11-6-7-11)9-14(17)19-3/h11-14H,4-10H2,1-3H3;2*10-14H,7-9H2,1-6H3;2*9-13H,6-8H2,1-5H3;10-13H,4-9H2,1-3H3/t13-,14-;12-,13+,14+;12-,13-,14-;11-,12+,13+;11-,12-,13-;12-,13-/m010100/s1. The van der Waals surface area contributed by atoms with E-state index in [0.717, 1.165) is 90.4 Å². The molecule has 8 rings (SSSR count). The van der Waals surface area contributed by atoms with Crippen LogP contribution in [0.15, 0.2) is 0 Å². The van der Waals surface area contributed by atoms with Gasteiger partial charge in [0.25, 0.3) is 0 Å². The van der Waals surface area contributed by atoms with Crippen molar-refractivity contribution < 1.29 is 94.7 Å². The molecule has 0 spiro atoms. The summed E-state index contributed by atoms with van der Waals surface area (Å²) in [5.74, 6) is 1.26. The fourth-order valence-electron chi connectivity index (χ4n) is 18.4. The number of halogens is 2. The number of carbonyl (C=O) groups excluding carboxylic acids is 12. The lowest BCUT2D eigenvalue weighted by atomic mass is 9.73. The van der Waals surface area contributed by atoms with Gasteiger partial charge in [-0.05, 0) is 147 Å². The van der Waals surface area contributed by atoms with E-state index >= 15 is 0 Å². The molecule has 119 heavy (non-hydrogen) atoms. The van der Waals surface area contributed by atoms with E-state index < -0.39 is 36.1 Å². The van der Waals surface area contributed by atoms with Crippen LogP contribution in [0.3, 0.4) is 0 Å². The molecule has 6 saturated heterocycles. The topological polar surface area (TPSA) is 280 Å². The van der Waals surface area contributed by atoms with Crippen molar-refractivity contribution in [2.75, 3.05) is 81.9 Å². The van der Waals surface area contributed by atoms with Gasteiger partial charge in [-0.15, -0.1) is 0 Å². The molecule has 0 bridgehead atoms. The molecule has 6 aliphatic heterocycles. The van der Waals surface area contributed by atoms with Crippen LogP contribution in [0.25, 0.3) is 0 Å². The van der Waals surface area contributed by atoms with E-state index in [0.29, 0.717) is 84.4 Å². The van der Waals surface area contributed by atoms with Gasteiger partial charge >= 0.3 is 35.8 Å². The second kappa shape index (κ2) is 51.6. The van der Waals surface area contributed by atoms with Gasteiger partial charge in [0.05, 0.1) is 130 Å². The minimum atomic E-state index is -0.961. The van der Waals surface area contributed by atoms with Crippen LogP contribution in [0, 0.1) is 118 Å². The Morgan fingerprint density at radius 1 is 0.277 bits per heavy atom. The van der Waals surface area contributed by atoms with Crippen LogP contribution in [0.1, 0.15) is 274 Å². The van der Waals surface area contributed by atoms with E-state index in [4.69, 9.17) is 18.9 Å². The molecule has 0 aromatic rings. The quantitative estimate of drug-likeness (QED) is 0.0477. The highest BCUT2D eigenvalue weighted by Crippen LogP contribution is 2.43. The molecule has 8 fully saturated rings. The number of alkyl halides is 2. The number of rotatable bonds is 30. The number of nitrogens with zero attached hydrogens (tertiary/aromatic N) is 6. The Kier molecular flexibility index (Phi) is 46.2. The maximum absolute atomic E-state index is 13.7. The smallest absolute Gasteiger partial charge is 0.306 e. The first-order valence-electron chi connectivity index (χ1n) is 45.2.